The first-order valence-corrected chi connectivity index (χ1v) is 8.79. The zero-order valence-electron chi connectivity index (χ0n) is 15.2. The molecule has 2 heterocycles. The number of nitrogens with zero attached hydrogens (tertiary/aromatic N) is 3. The molecule has 1 atom stereocenters. The van der Waals surface area contributed by atoms with Crippen molar-refractivity contribution in [3.63, 3.8) is 0 Å². The molecule has 10 heteroatoms. The van der Waals surface area contributed by atoms with Gasteiger partial charge >= 0.3 is 6.36 Å². The van der Waals surface area contributed by atoms with Crippen LogP contribution in [0.15, 0.2) is 65.0 Å². The summed E-state index contributed by atoms with van der Waals surface area (Å²) in [5.74, 6) is -1.10. The zero-order valence-corrected chi connectivity index (χ0v) is 15.2. The molecule has 0 N–H and O–H groups in total. The summed E-state index contributed by atoms with van der Waals surface area (Å²) in [6.45, 7) is 0.0576. The molecule has 2 aromatic carbocycles. The smallest absolute Gasteiger partial charge is 0.406 e. The zero-order chi connectivity index (χ0) is 21.3. The highest BCUT2D eigenvalue weighted by atomic mass is 19.4. The van der Waals surface area contributed by atoms with Gasteiger partial charge in [-0.25, -0.2) is 8.78 Å². The number of fused-ring (bicyclic) bond motifs is 1. The van der Waals surface area contributed by atoms with Crippen LogP contribution in [-0.4, -0.2) is 17.5 Å². The van der Waals surface area contributed by atoms with Crippen molar-refractivity contribution in [2.75, 3.05) is 6.61 Å². The number of rotatable bonds is 6. The summed E-state index contributed by atoms with van der Waals surface area (Å²) in [7, 11) is 0. The monoisotopic (exact) mass is 423 g/mol. The Morgan fingerprint density at radius 2 is 1.73 bits per heavy atom. The summed E-state index contributed by atoms with van der Waals surface area (Å²) in [6, 6.07) is 10.5. The van der Waals surface area contributed by atoms with Crippen LogP contribution in [0.5, 0.6) is 5.75 Å². The summed E-state index contributed by atoms with van der Waals surface area (Å²) in [5.41, 5.74) is 1.63. The van der Waals surface area contributed by atoms with Crippen molar-refractivity contribution in [2.45, 2.75) is 19.1 Å². The fourth-order valence-electron chi connectivity index (χ4n) is 3.00. The third-order valence-electron chi connectivity index (χ3n) is 4.40. The van der Waals surface area contributed by atoms with Crippen molar-refractivity contribution in [3.8, 4) is 16.9 Å². The van der Waals surface area contributed by atoms with E-state index in [1.165, 1.54) is 30.3 Å². The van der Waals surface area contributed by atoms with Crippen LogP contribution in [0, 0.1) is 11.6 Å². The second kappa shape index (κ2) is 7.86. The molecule has 0 saturated carbocycles. The minimum Gasteiger partial charge on any atom is -0.406 e. The van der Waals surface area contributed by atoms with Gasteiger partial charge in [-0.2, -0.15) is 5.11 Å². The van der Waals surface area contributed by atoms with E-state index in [0.29, 0.717) is 11.4 Å². The lowest BCUT2D eigenvalue weighted by Crippen LogP contribution is -2.16. The van der Waals surface area contributed by atoms with Gasteiger partial charge in [0.05, 0.1) is 13.2 Å². The largest absolute Gasteiger partial charge is 0.573 e. The fourth-order valence-corrected chi connectivity index (χ4v) is 3.00. The number of aromatic nitrogens is 1. The summed E-state index contributed by atoms with van der Waals surface area (Å²) in [6.07, 6.45) is -3.46. The number of benzene rings is 2. The molecule has 0 fully saturated rings. The van der Waals surface area contributed by atoms with Crippen molar-refractivity contribution >= 4 is 5.82 Å². The van der Waals surface area contributed by atoms with Gasteiger partial charge in [-0.05, 0) is 29.8 Å². The van der Waals surface area contributed by atoms with Crippen molar-refractivity contribution in [1.29, 1.82) is 0 Å². The van der Waals surface area contributed by atoms with E-state index in [-0.39, 0.29) is 24.5 Å². The van der Waals surface area contributed by atoms with Crippen LogP contribution in [-0.2, 0) is 11.3 Å². The molecule has 0 bridgehead atoms. The van der Waals surface area contributed by atoms with Gasteiger partial charge < -0.3 is 14.0 Å². The first-order valence-electron chi connectivity index (χ1n) is 8.79. The van der Waals surface area contributed by atoms with Crippen LogP contribution in [0.25, 0.3) is 11.1 Å². The van der Waals surface area contributed by atoms with Crippen molar-refractivity contribution in [1.82, 2.24) is 4.57 Å². The molecule has 0 radical (unpaired) electrons. The Morgan fingerprint density at radius 1 is 0.967 bits per heavy atom. The Bertz CT molecular complexity index is 1080. The molecule has 5 nitrogen and oxygen atoms in total. The maximum Gasteiger partial charge on any atom is 0.573 e. The molecule has 1 aliphatic rings. The fraction of sp³-hybridized carbons (Fsp3) is 0.200. The summed E-state index contributed by atoms with van der Waals surface area (Å²) >= 11 is 0. The highest BCUT2D eigenvalue weighted by molar-refractivity contribution is 5.67. The van der Waals surface area contributed by atoms with E-state index in [4.69, 9.17) is 4.74 Å². The highest BCUT2D eigenvalue weighted by Crippen LogP contribution is 2.36. The molecule has 4 rings (SSSR count). The summed E-state index contributed by atoms with van der Waals surface area (Å²) < 4.78 is 74.5. The lowest BCUT2D eigenvalue weighted by molar-refractivity contribution is -0.274. The molecule has 0 spiro atoms. The van der Waals surface area contributed by atoms with E-state index in [1.54, 1.807) is 16.8 Å². The maximum atomic E-state index is 13.7. The minimum atomic E-state index is -4.75. The number of hydrogen-bond donors (Lipinski definition) is 0. The molecule has 1 aliphatic heterocycles. The van der Waals surface area contributed by atoms with E-state index >= 15 is 0 Å². The number of alkyl halides is 3. The van der Waals surface area contributed by atoms with Crippen LogP contribution >= 0.6 is 0 Å². The van der Waals surface area contributed by atoms with Crippen molar-refractivity contribution in [3.05, 3.63) is 71.9 Å². The topological polar surface area (TPSA) is 48.1 Å². The van der Waals surface area contributed by atoms with Crippen LogP contribution in [0.1, 0.15) is 11.7 Å². The molecule has 1 aromatic heterocycles. The van der Waals surface area contributed by atoms with E-state index in [1.807, 2.05) is 0 Å². The average Bonchev–Trinajstić information content (AvgIpc) is 3.24. The van der Waals surface area contributed by atoms with Gasteiger partial charge in [-0.1, -0.05) is 18.2 Å². The number of ether oxygens (including phenoxy) is 2. The van der Waals surface area contributed by atoms with Gasteiger partial charge in [0.2, 0.25) is 0 Å². The Morgan fingerprint density at radius 3 is 2.43 bits per heavy atom. The Kier molecular flexibility index (Phi) is 5.25. The van der Waals surface area contributed by atoms with Crippen LogP contribution < -0.4 is 4.74 Å². The third kappa shape index (κ3) is 4.48. The molecule has 0 aliphatic carbocycles. The molecule has 1 unspecified atom stereocenters. The molecular formula is C20H14F5N3O2. The van der Waals surface area contributed by atoms with E-state index in [2.05, 4.69) is 15.0 Å². The van der Waals surface area contributed by atoms with Gasteiger partial charge in [0, 0.05) is 23.4 Å². The van der Waals surface area contributed by atoms with Gasteiger partial charge in [0.25, 0.3) is 0 Å². The third-order valence-corrected chi connectivity index (χ3v) is 4.40. The number of hydrogen-bond acceptors (Lipinski definition) is 4. The Hall–Kier alpha value is -3.27. The molecule has 156 valence electrons. The number of azo groups is 1. The predicted octanol–water partition coefficient (Wildman–Crippen LogP) is 6.14. The van der Waals surface area contributed by atoms with Crippen molar-refractivity contribution in [2.24, 2.45) is 10.2 Å². The Balaban J connectivity index is 1.40. The van der Waals surface area contributed by atoms with Gasteiger partial charge in [-0.3, -0.25) is 0 Å². The van der Waals surface area contributed by atoms with Crippen molar-refractivity contribution < 1.29 is 31.4 Å². The van der Waals surface area contributed by atoms with E-state index < -0.39 is 24.2 Å². The molecule has 0 saturated heterocycles. The molecular weight excluding hydrogens is 409 g/mol. The second-order valence-corrected chi connectivity index (χ2v) is 6.51. The second-order valence-electron chi connectivity index (χ2n) is 6.51. The highest BCUT2D eigenvalue weighted by Gasteiger charge is 2.31. The summed E-state index contributed by atoms with van der Waals surface area (Å²) in [5, 5.41) is 8.14. The van der Waals surface area contributed by atoms with Gasteiger partial charge in [0.1, 0.15) is 17.4 Å². The standard InChI is InChI=1S/C20H14F5N3O2/c21-15-4-1-13(17(22)8-15)10-29-11-19-27-26-18-7-14(9-28(18)19)12-2-5-16(6-3-12)30-20(23,24)25/h1-9,19H,10-11H2. The lowest BCUT2D eigenvalue weighted by atomic mass is 10.1. The van der Waals surface area contributed by atoms with Crippen LogP contribution in [0.2, 0.25) is 0 Å². The van der Waals surface area contributed by atoms with E-state index in [9.17, 15) is 22.0 Å². The molecule has 30 heavy (non-hydrogen) atoms. The Labute approximate surface area is 167 Å². The van der Waals surface area contributed by atoms with Gasteiger partial charge in [0.15, 0.2) is 12.0 Å². The maximum absolute atomic E-state index is 13.7. The normalized spacial score (nSPS) is 15.4. The lowest BCUT2D eigenvalue weighted by Gasteiger charge is -2.11. The average molecular weight is 423 g/mol. The quantitative estimate of drug-likeness (QED) is 0.447. The SMILES string of the molecule is Fc1ccc(COCC2N=Nc3cc(-c4ccc(OC(F)(F)F)cc4)cn32)c(F)c1. The predicted molar refractivity (Wildman–Crippen MR) is 96.1 cm³/mol. The molecule has 0 amide bonds. The first-order chi connectivity index (χ1) is 14.3. The minimum absolute atomic E-state index is 0.0533. The summed E-state index contributed by atoms with van der Waals surface area (Å²) in [4.78, 5) is 0. The molecule has 3 aromatic rings. The van der Waals surface area contributed by atoms with Crippen LogP contribution in [0.4, 0.5) is 27.8 Å². The van der Waals surface area contributed by atoms with Crippen LogP contribution in [0.3, 0.4) is 0 Å². The van der Waals surface area contributed by atoms with Gasteiger partial charge in [-0.15, -0.1) is 18.3 Å². The number of halogens is 5. The van der Waals surface area contributed by atoms with E-state index in [0.717, 1.165) is 17.7 Å². The first kappa shape index (κ1) is 20.0.